The van der Waals surface area contributed by atoms with Gasteiger partial charge in [0, 0.05) is 37.0 Å². The summed E-state index contributed by atoms with van der Waals surface area (Å²) in [6.07, 6.45) is 1.68. The smallest absolute Gasteiger partial charge is 0.240 e. The number of fused-ring (bicyclic) bond motifs is 3. The molecular weight excluding hydrogens is 414 g/mol. The van der Waals surface area contributed by atoms with Crippen molar-refractivity contribution >= 4 is 10.0 Å². The molecule has 0 aliphatic carbocycles. The Morgan fingerprint density at radius 1 is 1.19 bits per heavy atom. The van der Waals surface area contributed by atoms with E-state index >= 15 is 0 Å². The Labute approximate surface area is 183 Å². The molecule has 164 valence electrons. The van der Waals surface area contributed by atoms with Crippen LogP contribution in [0, 0.1) is 17.2 Å². The van der Waals surface area contributed by atoms with Crippen LogP contribution in [0.3, 0.4) is 0 Å². The second-order valence-electron chi connectivity index (χ2n) is 8.08. The highest BCUT2D eigenvalue weighted by Gasteiger charge is 2.38. The van der Waals surface area contributed by atoms with E-state index in [1.807, 2.05) is 12.1 Å². The summed E-state index contributed by atoms with van der Waals surface area (Å²) >= 11 is 0. The van der Waals surface area contributed by atoms with Gasteiger partial charge in [0.05, 0.1) is 30.2 Å². The first kappa shape index (κ1) is 21.6. The zero-order valence-corrected chi connectivity index (χ0v) is 18.4. The number of hydrogen-bond acceptors (Lipinski definition) is 6. The first-order chi connectivity index (χ1) is 15.0. The molecule has 8 heteroatoms. The van der Waals surface area contributed by atoms with Gasteiger partial charge in [0.1, 0.15) is 11.5 Å². The molecule has 1 N–H and O–H groups in total. The standard InChI is InChI=1S/C23H27N3O4S/c1-29-19-5-7-20(8-6-19)31(27,28)25-10-2-3-11-26-14-18-16-30-23-9-4-17(13-24)12-21(23)22(18)15-26/h4-9,12,18,22,25H,2-3,10-11,14-16H2,1H3/t18-,22+/m1/s1. The lowest BCUT2D eigenvalue weighted by Crippen LogP contribution is -2.27. The van der Waals surface area contributed by atoms with Gasteiger partial charge < -0.3 is 14.4 Å². The molecule has 2 aromatic carbocycles. The minimum Gasteiger partial charge on any atom is -0.497 e. The van der Waals surface area contributed by atoms with E-state index in [1.165, 1.54) is 0 Å². The number of ether oxygens (including phenoxy) is 2. The molecule has 0 saturated carbocycles. The second-order valence-corrected chi connectivity index (χ2v) is 9.85. The molecule has 2 heterocycles. The summed E-state index contributed by atoms with van der Waals surface area (Å²) in [6, 6.07) is 14.3. The minimum atomic E-state index is -3.50. The van der Waals surface area contributed by atoms with Crippen LogP contribution in [-0.2, 0) is 10.0 Å². The van der Waals surface area contributed by atoms with Gasteiger partial charge in [-0.3, -0.25) is 0 Å². The fourth-order valence-corrected chi connectivity index (χ4v) is 5.48. The summed E-state index contributed by atoms with van der Waals surface area (Å²) in [4.78, 5) is 2.66. The van der Waals surface area contributed by atoms with Crippen LogP contribution in [0.15, 0.2) is 47.4 Å². The number of nitriles is 1. The van der Waals surface area contributed by atoms with Crippen LogP contribution in [-0.4, -0.2) is 53.2 Å². The van der Waals surface area contributed by atoms with E-state index in [0.29, 0.717) is 36.3 Å². The van der Waals surface area contributed by atoms with E-state index in [2.05, 4.69) is 15.7 Å². The van der Waals surface area contributed by atoms with Gasteiger partial charge >= 0.3 is 0 Å². The summed E-state index contributed by atoms with van der Waals surface area (Å²) < 4.78 is 38.4. The average molecular weight is 442 g/mol. The van der Waals surface area contributed by atoms with Gasteiger partial charge in [0.15, 0.2) is 0 Å². The zero-order chi connectivity index (χ0) is 21.8. The normalized spacial score (nSPS) is 20.4. The number of sulfonamides is 1. The Bertz CT molecular complexity index is 1060. The molecule has 4 rings (SSSR count). The van der Waals surface area contributed by atoms with Crippen molar-refractivity contribution in [3.05, 3.63) is 53.6 Å². The van der Waals surface area contributed by atoms with E-state index in [9.17, 15) is 13.7 Å². The predicted molar refractivity (Wildman–Crippen MR) is 117 cm³/mol. The first-order valence-electron chi connectivity index (χ1n) is 10.5. The van der Waals surface area contributed by atoms with Gasteiger partial charge in [0.2, 0.25) is 10.0 Å². The Morgan fingerprint density at radius 3 is 2.74 bits per heavy atom. The average Bonchev–Trinajstić information content (AvgIpc) is 3.22. The molecule has 0 bridgehead atoms. The van der Waals surface area contributed by atoms with Gasteiger partial charge in [-0.2, -0.15) is 5.26 Å². The monoisotopic (exact) mass is 441 g/mol. The van der Waals surface area contributed by atoms with Crippen LogP contribution in [0.4, 0.5) is 0 Å². The summed E-state index contributed by atoms with van der Waals surface area (Å²) in [5, 5.41) is 9.20. The van der Waals surface area contributed by atoms with Crippen molar-refractivity contribution < 1.29 is 17.9 Å². The van der Waals surface area contributed by atoms with Crippen molar-refractivity contribution in [2.75, 3.05) is 39.9 Å². The molecule has 7 nitrogen and oxygen atoms in total. The predicted octanol–water partition coefficient (Wildman–Crippen LogP) is 2.73. The highest BCUT2D eigenvalue weighted by Crippen LogP contribution is 2.41. The molecule has 1 saturated heterocycles. The number of likely N-dealkylation sites (tertiary alicyclic amines) is 1. The van der Waals surface area contributed by atoms with Gasteiger partial charge in [-0.05, 0) is 61.9 Å². The number of nitrogens with zero attached hydrogens (tertiary/aromatic N) is 2. The second kappa shape index (κ2) is 9.27. The molecule has 0 unspecified atom stereocenters. The number of rotatable bonds is 8. The maximum Gasteiger partial charge on any atom is 0.240 e. The van der Waals surface area contributed by atoms with Crippen LogP contribution in [0.2, 0.25) is 0 Å². The lowest BCUT2D eigenvalue weighted by atomic mass is 9.86. The van der Waals surface area contributed by atoms with Crippen molar-refractivity contribution in [2.24, 2.45) is 5.92 Å². The molecule has 0 spiro atoms. The van der Waals surface area contributed by atoms with Crippen molar-refractivity contribution in [1.82, 2.24) is 9.62 Å². The molecule has 2 aromatic rings. The molecule has 31 heavy (non-hydrogen) atoms. The third-order valence-corrected chi connectivity index (χ3v) is 7.55. The molecular formula is C23H27N3O4S. The highest BCUT2D eigenvalue weighted by atomic mass is 32.2. The van der Waals surface area contributed by atoms with Crippen LogP contribution in [0.1, 0.15) is 29.9 Å². The van der Waals surface area contributed by atoms with Gasteiger partial charge in [-0.25, -0.2) is 13.1 Å². The lowest BCUT2D eigenvalue weighted by Gasteiger charge is -2.27. The number of methoxy groups -OCH3 is 1. The van der Waals surface area contributed by atoms with Crippen molar-refractivity contribution in [1.29, 1.82) is 5.26 Å². The van der Waals surface area contributed by atoms with E-state index in [0.717, 1.165) is 43.8 Å². The van der Waals surface area contributed by atoms with E-state index in [-0.39, 0.29) is 4.90 Å². The Morgan fingerprint density at radius 2 is 2.00 bits per heavy atom. The number of hydrogen-bond donors (Lipinski definition) is 1. The third kappa shape index (κ3) is 4.85. The van der Waals surface area contributed by atoms with Crippen molar-refractivity contribution in [3.8, 4) is 17.6 Å². The van der Waals surface area contributed by atoms with Crippen LogP contribution >= 0.6 is 0 Å². The fraction of sp³-hybridized carbons (Fsp3) is 0.435. The Kier molecular flexibility index (Phi) is 6.46. The quantitative estimate of drug-likeness (QED) is 0.634. The molecule has 0 amide bonds. The molecule has 2 aliphatic heterocycles. The number of unbranched alkanes of at least 4 members (excludes halogenated alkanes) is 1. The zero-order valence-electron chi connectivity index (χ0n) is 17.6. The van der Waals surface area contributed by atoms with Crippen LogP contribution < -0.4 is 14.2 Å². The van der Waals surface area contributed by atoms with Crippen molar-refractivity contribution in [3.63, 3.8) is 0 Å². The van der Waals surface area contributed by atoms with Crippen LogP contribution in [0.5, 0.6) is 11.5 Å². The van der Waals surface area contributed by atoms with Crippen molar-refractivity contribution in [2.45, 2.75) is 23.7 Å². The highest BCUT2D eigenvalue weighted by molar-refractivity contribution is 7.89. The topological polar surface area (TPSA) is 91.7 Å². The SMILES string of the molecule is COc1ccc(S(=O)(=O)NCCCCN2C[C@@H]3COc4ccc(C#N)cc4[C@H]3C2)cc1. The Balaban J connectivity index is 1.24. The summed E-state index contributed by atoms with van der Waals surface area (Å²) in [5.74, 6) is 2.36. The molecule has 2 aliphatic rings. The molecule has 0 radical (unpaired) electrons. The maximum absolute atomic E-state index is 12.4. The Hall–Kier alpha value is -2.60. The van der Waals surface area contributed by atoms with Gasteiger partial charge in [-0.1, -0.05) is 0 Å². The van der Waals surface area contributed by atoms with E-state index in [4.69, 9.17) is 9.47 Å². The van der Waals surface area contributed by atoms with Gasteiger partial charge in [0.25, 0.3) is 0 Å². The van der Waals surface area contributed by atoms with E-state index in [1.54, 1.807) is 37.4 Å². The first-order valence-corrected chi connectivity index (χ1v) is 12.0. The minimum absolute atomic E-state index is 0.243. The summed E-state index contributed by atoms with van der Waals surface area (Å²) in [6.45, 7) is 3.96. The summed E-state index contributed by atoms with van der Waals surface area (Å²) in [5.41, 5.74) is 1.82. The number of benzene rings is 2. The summed E-state index contributed by atoms with van der Waals surface area (Å²) in [7, 11) is -1.96. The van der Waals surface area contributed by atoms with Crippen LogP contribution in [0.25, 0.3) is 0 Å². The molecule has 0 aromatic heterocycles. The largest absolute Gasteiger partial charge is 0.497 e. The molecule has 2 atom stereocenters. The van der Waals surface area contributed by atoms with Gasteiger partial charge in [-0.15, -0.1) is 0 Å². The fourth-order valence-electron chi connectivity index (χ4n) is 4.41. The maximum atomic E-state index is 12.4. The van der Waals surface area contributed by atoms with E-state index < -0.39 is 10.0 Å². The molecule has 1 fully saturated rings. The third-order valence-electron chi connectivity index (χ3n) is 6.07. The lowest BCUT2D eigenvalue weighted by molar-refractivity contribution is 0.212. The number of nitrogens with one attached hydrogen (secondary N) is 1.